The number of benzene rings is 3. The predicted octanol–water partition coefficient (Wildman–Crippen LogP) is 6.39. The average molecular weight is 492 g/mol. The van der Waals surface area contributed by atoms with Crippen molar-refractivity contribution in [3.63, 3.8) is 0 Å². The lowest BCUT2D eigenvalue weighted by atomic mass is 9.97. The highest BCUT2D eigenvalue weighted by molar-refractivity contribution is 5.95. The van der Waals surface area contributed by atoms with Gasteiger partial charge in [-0.25, -0.2) is 14.4 Å². The smallest absolute Gasteiger partial charge is 0.141 e. The zero-order chi connectivity index (χ0) is 25.2. The van der Waals surface area contributed by atoms with Crippen LogP contribution in [0.3, 0.4) is 0 Å². The molecule has 0 amide bonds. The number of hydrogen-bond donors (Lipinski definition) is 1. The molecular formula is C30H26FN5O. The van der Waals surface area contributed by atoms with Crippen LogP contribution in [0.15, 0.2) is 85.3 Å². The summed E-state index contributed by atoms with van der Waals surface area (Å²) in [6.45, 7) is 5.09. The minimum atomic E-state index is -0.224. The van der Waals surface area contributed by atoms with Crippen LogP contribution in [0.2, 0.25) is 0 Å². The van der Waals surface area contributed by atoms with Gasteiger partial charge in [0.15, 0.2) is 0 Å². The Labute approximate surface area is 214 Å². The van der Waals surface area contributed by atoms with Gasteiger partial charge in [-0.1, -0.05) is 12.1 Å². The molecule has 7 heteroatoms. The fourth-order valence-electron chi connectivity index (χ4n) is 4.70. The van der Waals surface area contributed by atoms with Crippen molar-refractivity contribution >= 4 is 28.1 Å². The fraction of sp³-hybridized carbons (Fsp3) is 0.167. The molecule has 2 aromatic heterocycles. The van der Waals surface area contributed by atoms with E-state index in [4.69, 9.17) is 4.74 Å². The van der Waals surface area contributed by atoms with E-state index < -0.39 is 0 Å². The first-order valence-electron chi connectivity index (χ1n) is 12.3. The third kappa shape index (κ3) is 4.73. The standard InChI is InChI=1S/C30H26FN5O/c1-20-17-22(4-10-27(20)31)29-25(3-2-12-32-29)21-5-11-28-26(18-21)30(34-19-33-28)35-23-6-8-24(9-7-23)36-13-15-37-16-14-36/h2-12,17-19H,13-16H2,1H3,(H,33,34,35). The minimum Gasteiger partial charge on any atom is -0.378 e. The number of aryl methyl sites for hydroxylation is 1. The Kier molecular flexibility index (Phi) is 6.20. The van der Waals surface area contributed by atoms with Gasteiger partial charge < -0.3 is 15.0 Å². The molecule has 0 atom stereocenters. The summed E-state index contributed by atoms with van der Waals surface area (Å²) < 4.78 is 19.4. The Hall–Kier alpha value is -4.36. The van der Waals surface area contributed by atoms with Gasteiger partial charge in [0.25, 0.3) is 0 Å². The third-order valence-electron chi connectivity index (χ3n) is 6.69. The van der Waals surface area contributed by atoms with Crippen molar-refractivity contribution in [2.45, 2.75) is 6.92 Å². The first kappa shape index (κ1) is 23.1. The number of pyridine rings is 1. The summed E-state index contributed by atoms with van der Waals surface area (Å²) in [6.07, 6.45) is 3.33. The molecule has 37 heavy (non-hydrogen) atoms. The lowest BCUT2D eigenvalue weighted by Crippen LogP contribution is -2.36. The van der Waals surface area contributed by atoms with Gasteiger partial charge >= 0.3 is 0 Å². The van der Waals surface area contributed by atoms with E-state index in [0.29, 0.717) is 5.56 Å². The molecule has 0 saturated carbocycles. The summed E-state index contributed by atoms with van der Waals surface area (Å²) in [6, 6.07) is 23.5. The van der Waals surface area contributed by atoms with Crippen molar-refractivity contribution in [1.82, 2.24) is 15.0 Å². The molecule has 184 valence electrons. The van der Waals surface area contributed by atoms with Gasteiger partial charge in [-0.05, 0) is 78.7 Å². The summed E-state index contributed by atoms with van der Waals surface area (Å²) in [5.41, 5.74) is 7.18. The molecule has 6 nitrogen and oxygen atoms in total. The van der Waals surface area contributed by atoms with Crippen molar-refractivity contribution in [3.05, 3.63) is 96.7 Å². The number of hydrogen-bond acceptors (Lipinski definition) is 6. The highest BCUT2D eigenvalue weighted by atomic mass is 19.1. The van der Waals surface area contributed by atoms with Gasteiger partial charge in [-0.2, -0.15) is 0 Å². The first-order valence-corrected chi connectivity index (χ1v) is 12.3. The summed E-state index contributed by atoms with van der Waals surface area (Å²) >= 11 is 0. The molecule has 3 heterocycles. The van der Waals surface area contributed by atoms with Crippen molar-refractivity contribution < 1.29 is 9.13 Å². The second-order valence-corrected chi connectivity index (χ2v) is 9.09. The molecule has 0 unspecified atom stereocenters. The molecule has 0 aliphatic carbocycles. The van der Waals surface area contributed by atoms with Gasteiger partial charge in [0.1, 0.15) is 18.0 Å². The van der Waals surface area contributed by atoms with Crippen LogP contribution in [0.1, 0.15) is 5.56 Å². The van der Waals surface area contributed by atoms with Crippen LogP contribution in [0.25, 0.3) is 33.3 Å². The van der Waals surface area contributed by atoms with Crippen LogP contribution < -0.4 is 10.2 Å². The van der Waals surface area contributed by atoms with Crippen LogP contribution >= 0.6 is 0 Å². The topological polar surface area (TPSA) is 63.2 Å². The number of aromatic nitrogens is 3. The van der Waals surface area contributed by atoms with E-state index in [1.807, 2.05) is 30.3 Å². The molecule has 1 saturated heterocycles. The lowest BCUT2D eigenvalue weighted by molar-refractivity contribution is 0.122. The number of fused-ring (bicyclic) bond motifs is 1. The molecule has 6 rings (SSSR count). The average Bonchev–Trinajstić information content (AvgIpc) is 2.95. The number of nitrogens with one attached hydrogen (secondary N) is 1. The maximum atomic E-state index is 13.9. The fourth-order valence-corrected chi connectivity index (χ4v) is 4.70. The monoisotopic (exact) mass is 491 g/mol. The summed E-state index contributed by atoms with van der Waals surface area (Å²) in [5.74, 6) is 0.506. The molecule has 0 spiro atoms. The SMILES string of the molecule is Cc1cc(-c2ncccc2-c2ccc3ncnc(Nc4ccc(N5CCOCC5)cc4)c3c2)ccc1F. The largest absolute Gasteiger partial charge is 0.378 e. The normalized spacial score (nSPS) is 13.6. The third-order valence-corrected chi connectivity index (χ3v) is 6.69. The van der Waals surface area contributed by atoms with E-state index >= 15 is 0 Å². The van der Waals surface area contributed by atoms with E-state index in [9.17, 15) is 4.39 Å². The molecule has 1 aliphatic rings. The summed E-state index contributed by atoms with van der Waals surface area (Å²) in [4.78, 5) is 16.0. The highest BCUT2D eigenvalue weighted by Gasteiger charge is 2.14. The van der Waals surface area contributed by atoms with Crippen molar-refractivity contribution in [2.75, 3.05) is 36.5 Å². The highest BCUT2D eigenvalue weighted by Crippen LogP contribution is 2.34. The van der Waals surface area contributed by atoms with E-state index in [2.05, 4.69) is 55.5 Å². The molecule has 0 bridgehead atoms. The number of halogens is 1. The number of anilines is 3. The summed E-state index contributed by atoms with van der Waals surface area (Å²) in [7, 11) is 0. The minimum absolute atomic E-state index is 0.224. The molecule has 1 fully saturated rings. The van der Waals surface area contributed by atoms with E-state index in [-0.39, 0.29) is 5.82 Å². The molecule has 0 radical (unpaired) electrons. The van der Waals surface area contributed by atoms with Crippen molar-refractivity contribution in [3.8, 4) is 22.4 Å². The first-order chi connectivity index (χ1) is 18.2. The zero-order valence-electron chi connectivity index (χ0n) is 20.5. The predicted molar refractivity (Wildman–Crippen MR) is 146 cm³/mol. The van der Waals surface area contributed by atoms with Crippen LogP contribution in [0, 0.1) is 12.7 Å². The van der Waals surface area contributed by atoms with E-state index in [1.54, 1.807) is 25.5 Å². The van der Waals surface area contributed by atoms with Crippen LogP contribution in [-0.2, 0) is 4.74 Å². The van der Waals surface area contributed by atoms with Gasteiger partial charge in [0.2, 0.25) is 0 Å². The van der Waals surface area contributed by atoms with Gasteiger partial charge in [0.05, 0.1) is 24.4 Å². The summed E-state index contributed by atoms with van der Waals surface area (Å²) in [5, 5.41) is 4.37. The Bertz CT molecular complexity index is 1560. The molecule has 5 aromatic rings. The maximum absolute atomic E-state index is 13.9. The van der Waals surface area contributed by atoms with Gasteiger partial charge in [-0.3, -0.25) is 4.98 Å². The number of rotatable bonds is 5. The van der Waals surface area contributed by atoms with Crippen molar-refractivity contribution in [2.24, 2.45) is 0 Å². The second-order valence-electron chi connectivity index (χ2n) is 9.09. The Morgan fingerprint density at radius 3 is 2.49 bits per heavy atom. The van der Waals surface area contributed by atoms with E-state index in [1.165, 1.54) is 11.8 Å². The number of morpholine rings is 1. The number of ether oxygens (including phenoxy) is 1. The Morgan fingerprint density at radius 1 is 0.865 bits per heavy atom. The molecular weight excluding hydrogens is 465 g/mol. The maximum Gasteiger partial charge on any atom is 0.141 e. The van der Waals surface area contributed by atoms with Crippen molar-refractivity contribution in [1.29, 1.82) is 0 Å². The Morgan fingerprint density at radius 2 is 1.68 bits per heavy atom. The molecule has 3 aromatic carbocycles. The van der Waals surface area contributed by atoms with Gasteiger partial charge in [0, 0.05) is 47.2 Å². The van der Waals surface area contributed by atoms with Gasteiger partial charge in [-0.15, -0.1) is 0 Å². The second kappa shape index (κ2) is 9.95. The lowest BCUT2D eigenvalue weighted by Gasteiger charge is -2.28. The quantitative estimate of drug-likeness (QED) is 0.308. The molecule has 1 N–H and O–H groups in total. The van der Waals surface area contributed by atoms with E-state index in [0.717, 1.165) is 71.1 Å². The molecule has 1 aliphatic heterocycles. The van der Waals surface area contributed by atoms with Crippen LogP contribution in [0.5, 0.6) is 0 Å². The Balaban J connectivity index is 1.34. The zero-order valence-corrected chi connectivity index (χ0v) is 20.5. The van der Waals surface area contributed by atoms with Crippen LogP contribution in [0.4, 0.5) is 21.6 Å². The number of nitrogens with zero attached hydrogens (tertiary/aromatic N) is 4. The van der Waals surface area contributed by atoms with Crippen LogP contribution in [-0.4, -0.2) is 41.3 Å².